The van der Waals surface area contributed by atoms with Gasteiger partial charge >= 0.3 is 0 Å². The van der Waals surface area contributed by atoms with Crippen LogP contribution in [0.15, 0.2) is 33.8 Å². The highest BCUT2D eigenvalue weighted by atomic mass is 16.6. The molecule has 1 aromatic carbocycles. The number of benzene rings is 1. The number of anilines is 1. The molecule has 0 saturated heterocycles. The van der Waals surface area contributed by atoms with E-state index in [1.54, 1.807) is 12.1 Å². The van der Waals surface area contributed by atoms with Gasteiger partial charge in [0.05, 0.1) is 11.1 Å². The lowest BCUT2D eigenvalue weighted by atomic mass is 10.2. The summed E-state index contributed by atoms with van der Waals surface area (Å²) < 4.78 is 5.40. The van der Waals surface area contributed by atoms with Crippen LogP contribution in [0.5, 0.6) is 0 Å². The Hall–Kier alpha value is -3.21. The number of hydrogen-bond acceptors (Lipinski definition) is 7. The Bertz CT molecular complexity index is 758. The van der Waals surface area contributed by atoms with Gasteiger partial charge in [-0.3, -0.25) is 10.1 Å². The number of nitro benzene ring substituents is 1. The van der Waals surface area contributed by atoms with Gasteiger partial charge in [-0.25, -0.2) is 10.4 Å². The second-order valence-corrected chi connectivity index (χ2v) is 4.72. The van der Waals surface area contributed by atoms with Gasteiger partial charge in [0.25, 0.3) is 11.6 Å². The Morgan fingerprint density at radius 2 is 2.32 bits per heavy atom. The predicted molar refractivity (Wildman–Crippen MR) is 79.6 cm³/mol. The molecule has 0 aliphatic heterocycles. The molecule has 0 aliphatic carbocycles. The number of oxazole rings is 1. The van der Waals surface area contributed by atoms with Gasteiger partial charge < -0.3 is 4.42 Å². The molecule has 0 aliphatic rings. The van der Waals surface area contributed by atoms with Gasteiger partial charge in [-0.05, 0) is 0 Å². The Morgan fingerprint density at radius 3 is 2.95 bits per heavy atom. The van der Waals surface area contributed by atoms with E-state index < -0.39 is 4.92 Å². The third kappa shape index (κ3) is 3.46. The summed E-state index contributed by atoms with van der Waals surface area (Å²) in [6, 6.07) is 7.92. The number of hydrazone groups is 1. The summed E-state index contributed by atoms with van der Waals surface area (Å²) in [4.78, 5) is 14.2. The molecule has 8 heteroatoms. The maximum absolute atomic E-state index is 10.7. The smallest absolute Gasteiger partial charge is 0.270 e. The van der Waals surface area contributed by atoms with Gasteiger partial charge in [0, 0.05) is 23.6 Å². The van der Waals surface area contributed by atoms with Crippen LogP contribution >= 0.6 is 0 Å². The Morgan fingerprint density at radius 1 is 1.55 bits per heavy atom. The van der Waals surface area contributed by atoms with Crippen molar-refractivity contribution in [1.82, 2.24) is 4.98 Å². The zero-order valence-electron chi connectivity index (χ0n) is 12.0. The number of rotatable bonds is 5. The van der Waals surface area contributed by atoms with Crippen molar-refractivity contribution in [2.24, 2.45) is 5.10 Å². The fourth-order valence-electron chi connectivity index (χ4n) is 1.62. The van der Waals surface area contributed by atoms with E-state index in [1.807, 2.05) is 19.9 Å². The standard InChI is InChI=1S/C14H13N5O3/c1-9(2)13-17-12(7-15)14(22-13)18-16-8-10-4-3-5-11(6-10)19(20)21/h3-6,8-9,18H,1-2H3. The second-order valence-electron chi connectivity index (χ2n) is 4.72. The molecular weight excluding hydrogens is 286 g/mol. The summed E-state index contributed by atoms with van der Waals surface area (Å²) in [5, 5.41) is 23.6. The van der Waals surface area contributed by atoms with Crippen molar-refractivity contribution in [3.8, 4) is 6.07 Å². The zero-order valence-corrected chi connectivity index (χ0v) is 12.0. The highest BCUT2D eigenvalue weighted by molar-refractivity contribution is 5.81. The second kappa shape index (κ2) is 6.49. The summed E-state index contributed by atoms with van der Waals surface area (Å²) in [5.74, 6) is 0.626. The van der Waals surface area contributed by atoms with Gasteiger partial charge in [-0.2, -0.15) is 10.4 Å². The topological polar surface area (TPSA) is 117 Å². The van der Waals surface area contributed by atoms with E-state index in [0.717, 1.165) is 0 Å². The molecular formula is C14H13N5O3. The van der Waals surface area contributed by atoms with Crippen molar-refractivity contribution in [3.05, 3.63) is 51.5 Å². The summed E-state index contributed by atoms with van der Waals surface area (Å²) in [6.07, 6.45) is 1.39. The summed E-state index contributed by atoms with van der Waals surface area (Å²) in [7, 11) is 0. The Balaban J connectivity index is 2.14. The number of hydrogen-bond donors (Lipinski definition) is 1. The van der Waals surface area contributed by atoms with Gasteiger partial charge in [-0.15, -0.1) is 0 Å². The van der Waals surface area contributed by atoms with E-state index in [9.17, 15) is 10.1 Å². The molecule has 0 radical (unpaired) electrons. The monoisotopic (exact) mass is 299 g/mol. The first-order valence-corrected chi connectivity index (χ1v) is 6.45. The highest BCUT2D eigenvalue weighted by Crippen LogP contribution is 2.22. The third-order valence-corrected chi connectivity index (χ3v) is 2.70. The van der Waals surface area contributed by atoms with Crippen molar-refractivity contribution in [2.45, 2.75) is 19.8 Å². The van der Waals surface area contributed by atoms with Crippen LogP contribution in [0, 0.1) is 21.4 Å². The molecule has 22 heavy (non-hydrogen) atoms. The third-order valence-electron chi connectivity index (χ3n) is 2.70. The molecule has 0 atom stereocenters. The minimum atomic E-state index is -0.482. The zero-order chi connectivity index (χ0) is 16.1. The van der Waals surface area contributed by atoms with Crippen LogP contribution in [-0.2, 0) is 0 Å². The lowest BCUT2D eigenvalue weighted by molar-refractivity contribution is -0.384. The maximum atomic E-state index is 10.7. The first-order valence-electron chi connectivity index (χ1n) is 6.45. The fraction of sp³-hybridized carbons (Fsp3) is 0.214. The van der Waals surface area contributed by atoms with E-state index in [4.69, 9.17) is 9.68 Å². The quantitative estimate of drug-likeness (QED) is 0.515. The van der Waals surface area contributed by atoms with Crippen molar-refractivity contribution < 1.29 is 9.34 Å². The van der Waals surface area contributed by atoms with E-state index in [-0.39, 0.29) is 23.2 Å². The van der Waals surface area contributed by atoms with Crippen LogP contribution in [0.2, 0.25) is 0 Å². The largest absolute Gasteiger partial charge is 0.422 e. The maximum Gasteiger partial charge on any atom is 0.270 e. The van der Waals surface area contributed by atoms with Crippen molar-refractivity contribution in [1.29, 1.82) is 5.26 Å². The number of nitro groups is 1. The van der Waals surface area contributed by atoms with Crippen LogP contribution in [0.1, 0.15) is 36.9 Å². The predicted octanol–water partition coefficient (Wildman–Crippen LogP) is 3.02. The Labute approximate surface area is 126 Å². The van der Waals surface area contributed by atoms with Gasteiger partial charge in [0.2, 0.25) is 11.6 Å². The minimum absolute atomic E-state index is 0.0246. The average Bonchev–Trinajstić information content (AvgIpc) is 2.91. The molecule has 0 bridgehead atoms. The highest BCUT2D eigenvalue weighted by Gasteiger charge is 2.14. The minimum Gasteiger partial charge on any atom is -0.422 e. The van der Waals surface area contributed by atoms with E-state index >= 15 is 0 Å². The van der Waals surface area contributed by atoms with Crippen molar-refractivity contribution in [3.63, 3.8) is 0 Å². The lowest BCUT2D eigenvalue weighted by Crippen LogP contribution is -1.93. The first kappa shape index (κ1) is 15.2. The van der Waals surface area contributed by atoms with E-state index in [2.05, 4.69) is 15.5 Å². The molecule has 1 heterocycles. The number of non-ortho nitro benzene ring substituents is 1. The van der Waals surface area contributed by atoms with E-state index in [1.165, 1.54) is 18.3 Å². The molecule has 8 nitrogen and oxygen atoms in total. The van der Waals surface area contributed by atoms with Gasteiger partial charge in [0.15, 0.2) is 0 Å². The van der Waals surface area contributed by atoms with Crippen molar-refractivity contribution in [2.75, 3.05) is 5.43 Å². The molecule has 112 valence electrons. The number of nitrogens with one attached hydrogen (secondary N) is 1. The molecule has 1 N–H and O–H groups in total. The van der Waals surface area contributed by atoms with E-state index in [0.29, 0.717) is 11.5 Å². The van der Waals surface area contributed by atoms with Crippen LogP contribution in [-0.4, -0.2) is 16.1 Å². The summed E-state index contributed by atoms with van der Waals surface area (Å²) in [6.45, 7) is 3.78. The fourth-order valence-corrected chi connectivity index (χ4v) is 1.62. The van der Waals surface area contributed by atoms with Crippen LogP contribution in [0.3, 0.4) is 0 Å². The lowest BCUT2D eigenvalue weighted by Gasteiger charge is -1.97. The summed E-state index contributed by atoms with van der Waals surface area (Å²) in [5.41, 5.74) is 3.22. The van der Waals surface area contributed by atoms with Crippen LogP contribution in [0.4, 0.5) is 11.6 Å². The van der Waals surface area contributed by atoms with Gasteiger partial charge in [0.1, 0.15) is 6.07 Å². The molecule has 2 aromatic rings. The molecule has 0 fully saturated rings. The molecule has 0 unspecified atom stereocenters. The van der Waals surface area contributed by atoms with Crippen LogP contribution in [0.25, 0.3) is 0 Å². The number of nitrogens with zero attached hydrogens (tertiary/aromatic N) is 4. The first-order chi connectivity index (χ1) is 10.5. The van der Waals surface area contributed by atoms with Crippen molar-refractivity contribution >= 4 is 17.8 Å². The number of nitriles is 1. The average molecular weight is 299 g/mol. The van der Waals surface area contributed by atoms with Gasteiger partial charge in [-0.1, -0.05) is 26.0 Å². The molecule has 0 saturated carbocycles. The molecule has 1 aromatic heterocycles. The summed E-state index contributed by atoms with van der Waals surface area (Å²) >= 11 is 0. The normalized spacial score (nSPS) is 10.8. The Kier molecular flexibility index (Phi) is 4.48. The molecule has 0 amide bonds. The SMILES string of the molecule is CC(C)c1nc(C#N)c(NN=Cc2cccc([N+](=O)[O-])c2)o1. The molecule has 0 spiro atoms. The number of aromatic nitrogens is 1. The van der Waals surface area contributed by atoms with Crippen LogP contribution < -0.4 is 5.43 Å². The molecule has 2 rings (SSSR count).